The highest BCUT2D eigenvalue weighted by molar-refractivity contribution is 6.10. The second-order valence-corrected chi connectivity index (χ2v) is 8.36. The topological polar surface area (TPSA) is 141 Å². The van der Waals surface area contributed by atoms with E-state index in [0.29, 0.717) is 27.8 Å². The molecule has 0 bridgehead atoms. The number of non-ortho nitro benzene ring substituents is 1. The van der Waals surface area contributed by atoms with Crippen LogP contribution in [-0.2, 0) is 0 Å². The maximum atomic E-state index is 13.3. The standard InChI is InChI=1S/C24H23N7O3/c25-22-20(24(32)27-16-8-2-1-3-9-16)21-23(29-19-12-5-4-11-18(19)28-21)30(22)26-14-15-7-6-10-17(13-15)31(33)34/h4-7,10-14,16H,1-3,8-9,25H2,(H,27,32). The van der Waals surface area contributed by atoms with Crippen molar-refractivity contribution in [3.8, 4) is 0 Å². The van der Waals surface area contributed by atoms with Crippen LogP contribution in [0.25, 0.3) is 22.2 Å². The second kappa shape index (κ2) is 8.89. The third kappa shape index (κ3) is 4.05. The molecule has 0 unspecified atom stereocenters. The molecule has 1 amide bonds. The first-order chi connectivity index (χ1) is 16.5. The van der Waals surface area contributed by atoms with Crippen molar-refractivity contribution >= 4 is 45.8 Å². The summed E-state index contributed by atoms with van der Waals surface area (Å²) >= 11 is 0. The number of nitrogens with two attached hydrogens (primary N) is 1. The first kappa shape index (κ1) is 21.5. The molecule has 2 aromatic heterocycles. The van der Waals surface area contributed by atoms with Crippen molar-refractivity contribution in [2.24, 2.45) is 5.10 Å². The van der Waals surface area contributed by atoms with Gasteiger partial charge in [-0.1, -0.05) is 43.5 Å². The lowest BCUT2D eigenvalue weighted by Gasteiger charge is -2.22. The highest BCUT2D eigenvalue weighted by atomic mass is 16.6. The minimum Gasteiger partial charge on any atom is -0.383 e. The maximum Gasteiger partial charge on any atom is 0.270 e. The van der Waals surface area contributed by atoms with Crippen LogP contribution in [0.4, 0.5) is 11.5 Å². The summed E-state index contributed by atoms with van der Waals surface area (Å²) in [5.74, 6) is -0.191. The molecule has 2 aromatic carbocycles. The molecule has 1 aliphatic carbocycles. The Kier molecular flexibility index (Phi) is 5.62. The highest BCUT2D eigenvalue weighted by Gasteiger charge is 2.26. The van der Waals surface area contributed by atoms with Crippen LogP contribution in [0.1, 0.15) is 48.0 Å². The number of amides is 1. The number of rotatable bonds is 5. The van der Waals surface area contributed by atoms with Gasteiger partial charge in [-0.25, -0.2) is 9.97 Å². The third-order valence-electron chi connectivity index (χ3n) is 6.04. The maximum absolute atomic E-state index is 13.3. The Morgan fingerprint density at radius 1 is 1.12 bits per heavy atom. The largest absolute Gasteiger partial charge is 0.383 e. The summed E-state index contributed by atoms with van der Waals surface area (Å²) in [6.07, 6.45) is 6.66. The smallest absolute Gasteiger partial charge is 0.270 e. The van der Waals surface area contributed by atoms with Gasteiger partial charge in [-0.3, -0.25) is 14.9 Å². The number of hydrogen-bond donors (Lipinski definition) is 2. The Balaban J connectivity index is 1.61. The molecule has 1 aliphatic rings. The summed E-state index contributed by atoms with van der Waals surface area (Å²) in [7, 11) is 0. The zero-order valence-electron chi connectivity index (χ0n) is 18.3. The van der Waals surface area contributed by atoms with Crippen LogP contribution in [0, 0.1) is 10.1 Å². The van der Waals surface area contributed by atoms with Gasteiger partial charge in [0.05, 0.1) is 22.2 Å². The Morgan fingerprint density at radius 3 is 2.59 bits per heavy atom. The molecular weight excluding hydrogens is 434 g/mol. The van der Waals surface area contributed by atoms with E-state index in [0.717, 1.165) is 25.7 Å². The van der Waals surface area contributed by atoms with Gasteiger partial charge < -0.3 is 11.1 Å². The van der Waals surface area contributed by atoms with Crippen LogP contribution in [-0.4, -0.2) is 37.7 Å². The summed E-state index contributed by atoms with van der Waals surface area (Å²) in [6.45, 7) is 0. The molecule has 3 N–H and O–H groups in total. The molecule has 0 saturated heterocycles. The van der Waals surface area contributed by atoms with E-state index in [1.165, 1.54) is 29.4 Å². The van der Waals surface area contributed by atoms with Crippen LogP contribution < -0.4 is 11.1 Å². The SMILES string of the molecule is Nc1c(C(=O)NC2CCCCC2)c2nc3ccccc3nc2n1N=Cc1cccc([N+](=O)[O-])c1. The molecular formula is C24H23N7O3. The molecule has 1 saturated carbocycles. The number of nitro groups is 1. The van der Waals surface area contributed by atoms with Crippen molar-refractivity contribution in [3.05, 3.63) is 69.8 Å². The van der Waals surface area contributed by atoms with Crippen molar-refractivity contribution in [2.45, 2.75) is 38.1 Å². The van der Waals surface area contributed by atoms with E-state index < -0.39 is 4.92 Å². The lowest BCUT2D eigenvalue weighted by molar-refractivity contribution is -0.384. The number of benzene rings is 2. The number of aromatic nitrogens is 3. The Morgan fingerprint density at radius 2 is 1.85 bits per heavy atom. The minimum atomic E-state index is -0.470. The zero-order chi connectivity index (χ0) is 23.7. The van der Waals surface area contributed by atoms with Gasteiger partial charge in [-0.05, 0) is 25.0 Å². The molecule has 172 valence electrons. The molecule has 1 fully saturated rings. The van der Waals surface area contributed by atoms with E-state index in [-0.39, 0.29) is 29.0 Å². The normalized spacial score (nSPS) is 14.7. The molecule has 5 rings (SSSR count). The average molecular weight is 457 g/mol. The number of nitrogens with zero attached hydrogens (tertiary/aromatic N) is 5. The van der Waals surface area contributed by atoms with Gasteiger partial charge in [0.15, 0.2) is 5.65 Å². The average Bonchev–Trinajstić information content (AvgIpc) is 3.12. The van der Waals surface area contributed by atoms with Crippen molar-refractivity contribution in [2.75, 3.05) is 5.73 Å². The molecule has 10 heteroatoms. The highest BCUT2D eigenvalue weighted by Crippen LogP contribution is 2.28. The number of nitrogens with one attached hydrogen (secondary N) is 1. The van der Waals surface area contributed by atoms with E-state index >= 15 is 0 Å². The van der Waals surface area contributed by atoms with Gasteiger partial charge in [0.2, 0.25) is 0 Å². The van der Waals surface area contributed by atoms with Crippen molar-refractivity contribution < 1.29 is 9.72 Å². The molecule has 10 nitrogen and oxygen atoms in total. The number of fused-ring (bicyclic) bond motifs is 2. The molecule has 0 radical (unpaired) electrons. The molecule has 0 aliphatic heterocycles. The van der Waals surface area contributed by atoms with Gasteiger partial charge in [-0.15, -0.1) is 0 Å². The number of para-hydroxylation sites is 2. The number of nitrogen functional groups attached to an aromatic ring is 1. The first-order valence-electron chi connectivity index (χ1n) is 11.2. The summed E-state index contributed by atoms with van der Waals surface area (Å²) in [5.41, 5.74) is 9.10. The van der Waals surface area contributed by atoms with Crippen molar-refractivity contribution in [3.63, 3.8) is 0 Å². The summed E-state index contributed by atoms with van der Waals surface area (Å²) in [4.78, 5) is 33.3. The molecule has 0 atom stereocenters. The van der Waals surface area contributed by atoms with Crippen LogP contribution in [0.2, 0.25) is 0 Å². The fourth-order valence-corrected chi connectivity index (χ4v) is 4.34. The van der Waals surface area contributed by atoms with E-state index in [1.54, 1.807) is 12.1 Å². The monoisotopic (exact) mass is 457 g/mol. The summed E-state index contributed by atoms with van der Waals surface area (Å²) in [6, 6.07) is 13.5. The molecule has 2 heterocycles. The zero-order valence-corrected chi connectivity index (χ0v) is 18.3. The van der Waals surface area contributed by atoms with E-state index in [9.17, 15) is 14.9 Å². The quantitative estimate of drug-likeness (QED) is 0.263. The van der Waals surface area contributed by atoms with E-state index in [2.05, 4.69) is 20.4 Å². The van der Waals surface area contributed by atoms with Crippen LogP contribution >= 0.6 is 0 Å². The predicted octanol–water partition coefficient (Wildman–Crippen LogP) is 4.02. The van der Waals surface area contributed by atoms with E-state index in [1.807, 2.05) is 24.3 Å². The fourth-order valence-electron chi connectivity index (χ4n) is 4.34. The number of carbonyl (C=O) groups excluding carboxylic acids is 1. The van der Waals surface area contributed by atoms with Gasteiger partial charge >= 0.3 is 0 Å². The van der Waals surface area contributed by atoms with Crippen LogP contribution in [0.3, 0.4) is 0 Å². The lowest BCUT2D eigenvalue weighted by Crippen LogP contribution is -2.36. The van der Waals surface area contributed by atoms with Gasteiger partial charge in [0.25, 0.3) is 11.6 Å². The Bertz CT molecular complexity index is 1440. The predicted molar refractivity (Wildman–Crippen MR) is 130 cm³/mol. The van der Waals surface area contributed by atoms with Gasteiger partial charge in [0.1, 0.15) is 16.9 Å². The molecule has 34 heavy (non-hydrogen) atoms. The Labute approximate surface area is 194 Å². The lowest BCUT2D eigenvalue weighted by atomic mass is 9.95. The fraction of sp³-hybridized carbons (Fsp3) is 0.250. The van der Waals surface area contributed by atoms with Crippen molar-refractivity contribution in [1.29, 1.82) is 0 Å². The summed E-state index contributed by atoms with van der Waals surface area (Å²) < 4.78 is 1.36. The van der Waals surface area contributed by atoms with Crippen LogP contribution in [0.15, 0.2) is 53.6 Å². The minimum absolute atomic E-state index is 0.0485. The third-order valence-corrected chi connectivity index (χ3v) is 6.04. The molecule has 0 spiro atoms. The number of anilines is 1. The van der Waals surface area contributed by atoms with Crippen molar-refractivity contribution in [1.82, 2.24) is 20.0 Å². The van der Waals surface area contributed by atoms with Gasteiger partial charge in [0, 0.05) is 23.7 Å². The number of nitro benzene ring substituents is 1. The van der Waals surface area contributed by atoms with E-state index in [4.69, 9.17) is 5.73 Å². The first-order valence-corrected chi connectivity index (χ1v) is 11.2. The summed E-state index contributed by atoms with van der Waals surface area (Å²) in [5, 5.41) is 18.6. The Hall–Kier alpha value is -4.34. The second-order valence-electron chi connectivity index (χ2n) is 8.36. The number of carbonyl (C=O) groups is 1. The number of hydrogen-bond acceptors (Lipinski definition) is 7. The molecule has 4 aromatic rings. The van der Waals surface area contributed by atoms with Gasteiger partial charge in [-0.2, -0.15) is 9.78 Å². The van der Waals surface area contributed by atoms with Crippen LogP contribution in [0.5, 0.6) is 0 Å².